The van der Waals surface area contributed by atoms with Gasteiger partial charge in [-0.3, -0.25) is 5.41 Å². The fraction of sp³-hybridized carbons (Fsp3) is 0.571. The van der Waals surface area contributed by atoms with Crippen molar-refractivity contribution in [3.63, 3.8) is 0 Å². The second-order valence-electron chi connectivity index (χ2n) is 5.32. The zero-order chi connectivity index (χ0) is 13.3. The number of aromatic nitrogens is 1. The predicted molar refractivity (Wildman–Crippen MR) is 75.2 cm³/mol. The number of rotatable bonds is 2. The Morgan fingerprint density at radius 2 is 2.17 bits per heavy atom. The average Bonchev–Trinajstić information content (AvgIpc) is 2.31. The number of hydrogen-bond donors (Lipinski definition) is 2. The molecule has 2 atom stereocenters. The number of amidine groups is 1. The SMILES string of the molecule is Cc1cc(C(=N)N)cc(N2CCCC(C)C2C)n1. The maximum atomic E-state index is 7.56. The second kappa shape index (κ2) is 4.96. The Morgan fingerprint density at radius 1 is 1.44 bits per heavy atom. The third kappa shape index (κ3) is 2.47. The minimum atomic E-state index is 0.111. The lowest BCUT2D eigenvalue weighted by molar-refractivity contribution is 0.361. The van der Waals surface area contributed by atoms with Crippen LogP contribution < -0.4 is 10.6 Å². The number of hydrogen-bond acceptors (Lipinski definition) is 3. The minimum absolute atomic E-state index is 0.111. The van der Waals surface area contributed by atoms with Crippen LogP contribution in [-0.2, 0) is 0 Å². The molecule has 0 aromatic carbocycles. The van der Waals surface area contributed by atoms with E-state index in [0.29, 0.717) is 12.0 Å². The van der Waals surface area contributed by atoms with Crippen molar-refractivity contribution in [2.75, 3.05) is 11.4 Å². The maximum absolute atomic E-state index is 7.56. The van der Waals surface area contributed by atoms with Crippen LogP contribution in [0.4, 0.5) is 5.82 Å². The van der Waals surface area contributed by atoms with Gasteiger partial charge in [0.25, 0.3) is 0 Å². The van der Waals surface area contributed by atoms with E-state index in [0.717, 1.165) is 23.6 Å². The molecule has 1 fully saturated rings. The Balaban J connectivity index is 2.35. The molecule has 0 amide bonds. The molecule has 4 heteroatoms. The second-order valence-corrected chi connectivity index (χ2v) is 5.32. The van der Waals surface area contributed by atoms with Gasteiger partial charge >= 0.3 is 0 Å². The Labute approximate surface area is 109 Å². The Bertz CT molecular complexity index is 455. The zero-order valence-electron chi connectivity index (χ0n) is 11.4. The fourth-order valence-corrected chi connectivity index (χ4v) is 2.61. The van der Waals surface area contributed by atoms with Crippen molar-refractivity contribution in [1.82, 2.24) is 4.98 Å². The highest BCUT2D eigenvalue weighted by atomic mass is 15.2. The van der Waals surface area contributed by atoms with Crippen molar-refractivity contribution < 1.29 is 0 Å². The van der Waals surface area contributed by atoms with Crippen LogP contribution in [0.5, 0.6) is 0 Å². The highest BCUT2D eigenvalue weighted by molar-refractivity contribution is 5.95. The highest BCUT2D eigenvalue weighted by Crippen LogP contribution is 2.27. The Kier molecular flexibility index (Phi) is 3.55. The van der Waals surface area contributed by atoms with Crippen molar-refractivity contribution in [3.8, 4) is 0 Å². The predicted octanol–water partition coefficient (Wildman–Crippen LogP) is 2.30. The third-order valence-corrected chi connectivity index (χ3v) is 3.92. The van der Waals surface area contributed by atoms with Crippen LogP contribution in [0.3, 0.4) is 0 Å². The normalized spacial score (nSPS) is 24.1. The van der Waals surface area contributed by atoms with E-state index in [1.165, 1.54) is 12.8 Å². The summed E-state index contributed by atoms with van der Waals surface area (Å²) in [5.41, 5.74) is 7.27. The van der Waals surface area contributed by atoms with Gasteiger partial charge in [-0.15, -0.1) is 0 Å². The van der Waals surface area contributed by atoms with Crippen LogP contribution in [0.15, 0.2) is 12.1 Å². The molecule has 0 bridgehead atoms. The molecule has 3 N–H and O–H groups in total. The van der Waals surface area contributed by atoms with E-state index in [1.807, 2.05) is 19.1 Å². The molecule has 0 spiro atoms. The molecule has 0 radical (unpaired) electrons. The number of nitrogen functional groups attached to an aromatic ring is 1. The van der Waals surface area contributed by atoms with E-state index in [4.69, 9.17) is 11.1 Å². The molecule has 18 heavy (non-hydrogen) atoms. The van der Waals surface area contributed by atoms with Gasteiger partial charge in [0.2, 0.25) is 0 Å². The first-order valence-corrected chi connectivity index (χ1v) is 6.58. The largest absolute Gasteiger partial charge is 0.384 e. The van der Waals surface area contributed by atoms with E-state index in [9.17, 15) is 0 Å². The molecule has 4 nitrogen and oxygen atoms in total. The number of pyridine rings is 1. The van der Waals surface area contributed by atoms with Gasteiger partial charge in [0, 0.05) is 23.8 Å². The number of piperidine rings is 1. The molecule has 2 unspecified atom stereocenters. The average molecular weight is 246 g/mol. The molecule has 0 saturated carbocycles. The van der Waals surface area contributed by atoms with E-state index in [1.54, 1.807) is 0 Å². The molecular formula is C14H22N4. The standard InChI is InChI=1S/C14H22N4/c1-9-5-4-6-18(11(9)3)13-8-12(14(15)16)7-10(2)17-13/h7-9,11H,4-6H2,1-3H3,(H3,15,16). The van der Waals surface area contributed by atoms with Crippen molar-refractivity contribution in [3.05, 3.63) is 23.4 Å². The van der Waals surface area contributed by atoms with Gasteiger partial charge in [0.15, 0.2) is 0 Å². The number of anilines is 1. The van der Waals surface area contributed by atoms with Crippen LogP contribution in [0.2, 0.25) is 0 Å². The molecule has 0 aliphatic carbocycles. The summed E-state index contributed by atoms with van der Waals surface area (Å²) in [6.45, 7) is 7.53. The lowest BCUT2D eigenvalue weighted by Crippen LogP contribution is -2.43. The molecule has 2 rings (SSSR count). The third-order valence-electron chi connectivity index (χ3n) is 3.92. The van der Waals surface area contributed by atoms with Crippen LogP contribution in [0.25, 0.3) is 0 Å². The molecule has 98 valence electrons. The fourth-order valence-electron chi connectivity index (χ4n) is 2.61. The van der Waals surface area contributed by atoms with Gasteiger partial charge in [-0.25, -0.2) is 4.98 Å². The van der Waals surface area contributed by atoms with E-state index < -0.39 is 0 Å². The van der Waals surface area contributed by atoms with Crippen molar-refractivity contribution in [1.29, 1.82) is 5.41 Å². The molecule has 1 aromatic heterocycles. The van der Waals surface area contributed by atoms with E-state index in [2.05, 4.69) is 23.7 Å². The summed E-state index contributed by atoms with van der Waals surface area (Å²) in [6, 6.07) is 4.29. The van der Waals surface area contributed by atoms with E-state index in [-0.39, 0.29) is 5.84 Å². The number of aryl methyl sites for hydroxylation is 1. The molecule has 1 aromatic rings. The molecule has 1 aliphatic rings. The van der Waals surface area contributed by atoms with Crippen molar-refractivity contribution in [2.24, 2.45) is 11.7 Å². The lowest BCUT2D eigenvalue weighted by Gasteiger charge is -2.39. The van der Waals surface area contributed by atoms with Crippen LogP contribution in [0.1, 0.15) is 37.9 Å². The van der Waals surface area contributed by atoms with Gasteiger partial charge in [0.1, 0.15) is 11.7 Å². The maximum Gasteiger partial charge on any atom is 0.129 e. The number of nitrogens with one attached hydrogen (secondary N) is 1. The van der Waals surface area contributed by atoms with Gasteiger partial charge in [-0.1, -0.05) is 6.92 Å². The van der Waals surface area contributed by atoms with Gasteiger partial charge in [-0.2, -0.15) is 0 Å². The van der Waals surface area contributed by atoms with Gasteiger partial charge < -0.3 is 10.6 Å². The van der Waals surface area contributed by atoms with Gasteiger partial charge in [-0.05, 0) is 44.7 Å². The summed E-state index contributed by atoms with van der Waals surface area (Å²) < 4.78 is 0. The topological polar surface area (TPSA) is 66.0 Å². The zero-order valence-corrected chi connectivity index (χ0v) is 11.4. The minimum Gasteiger partial charge on any atom is -0.384 e. The Morgan fingerprint density at radius 3 is 2.83 bits per heavy atom. The van der Waals surface area contributed by atoms with Crippen LogP contribution in [-0.4, -0.2) is 23.4 Å². The summed E-state index contributed by atoms with van der Waals surface area (Å²) in [5.74, 6) is 1.75. The first-order valence-electron chi connectivity index (χ1n) is 6.58. The van der Waals surface area contributed by atoms with Crippen molar-refractivity contribution >= 4 is 11.7 Å². The number of nitrogens with zero attached hydrogens (tertiary/aromatic N) is 2. The smallest absolute Gasteiger partial charge is 0.129 e. The summed E-state index contributed by atoms with van der Waals surface area (Å²) in [5, 5.41) is 7.56. The first kappa shape index (κ1) is 12.9. The summed E-state index contributed by atoms with van der Waals surface area (Å²) >= 11 is 0. The summed E-state index contributed by atoms with van der Waals surface area (Å²) in [6.07, 6.45) is 2.49. The van der Waals surface area contributed by atoms with Crippen LogP contribution in [0, 0.1) is 18.3 Å². The Hall–Kier alpha value is -1.58. The van der Waals surface area contributed by atoms with Gasteiger partial charge in [0.05, 0.1) is 0 Å². The number of nitrogens with two attached hydrogens (primary N) is 1. The lowest BCUT2D eigenvalue weighted by atomic mass is 9.92. The highest BCUT2D eigenvalue weighted by Gasteiger charge is 2.25. The van der Waals surface area contributed by atoms with E-state index >= 15 is 0 Å². The molecule has 2 heterocycles. The monoisotopic (exact) mass is 246 g/mol. The molecule has 1 aliphatic heterocycles. The first-order chi connectivity index (χ1) is 8.49. The van der Waals surface area contributed by atoms with Crippen molar-refractivity contribution in [2.45, 2.75) is 39.7 Å². The molecular weight excluding hydrogens is 224 g/mol. The summed E-state index contributed by atoms with van der Waals surface area (Å²) in [4.78, 5) is 6.94. The van der Waals surface area contributed by atoms with Crippen LogP contribution >= 0.6 is 0 Å². The molecule has 1 saturated heterocycles. The summed E-state index contributed by atoms with van der Waals surface area (Å²) in [7, 11) is 0. The quantitative estimate of drug-likeness (QED) is 0.621.